The predicted octanol–water partition coefficient (Wildman–Crippen LogP) is 4.15. The quantitative estimate of drug-likeness (QED) is 0.604. The van der Waals surface area contributed by atoms with Crippen LogP contribution in [0.4, 0.5) is 0 Å². The zero-order chi connectivity index (χ0) is 19.4. The van der Waals surface area contributed by atoms with E-state index >= 15 is 0 Å². The Kier molecular flexibility index (Phi) is 13.6. The van der Waals surface area contributed by atoms with E-state index in [0.717, 1.165) is 0 Å². The first-order valence-electron chi connectivity index (χ1n) is 8.58. The topological polar surface area (TPSA) is 122 Å². The van der Waals surface area contributed by atoms with Crippen molar-refractivity contribution in [1.82, 2.24) is 0 Å². The Morgan fingerprint density at radius 1 is 0.741 bits per heavy atom. The maximum Gasteiger partial charge on any atom is 2.00 e. The van der Waals surface area contributed by atoms with E-state index in [2.05, 4.69) is 10.6 Å². The number of para-hydroxylation sites is 2. The number of hydrogen-bond acceptors (Lipinski definition) is 2. The number of nitrogens with zero attached hydrogens (tertiary/aromatic N) is 2. The summed E-state index contributed by atoms with van der Waals surface area (Å²) in [5, 5.41) is 30.6. The number of hydrogen-bond donors (Lipinski definition) is 0. The van der Waals surface area contributed by atoms with E-state index in [1.54, 1.807) is 38.1 Å². The molecule has 0 aliphatic carbocycles. The molecule has 0 saturated carbocycles. The zero-order valence-electron chi connectivity index (χ0n) is 15.6. The molecule has 0 fully saturated rings. The molecule has 0 heterocycles. The summed E-state index contributed by atoms with van der Waals surface area (Å²) in [6.07, 6.45) is 0. The van der Waals surface area contributed by atoms with Crippen LogP contribution in [0.25, 0.3) is 22.1 Å². The van der Waals surface area contributed by atoms with Crippen molar-refractivity contribution in [3.8, 4) is 11.5 Å². The van der Waals surface area contributed by atoms with Gasteiger partial charge in [-0.15, -0.1) is 24.6 Å². The molecule has 0 aliphatic rings. The molecule has 2 atom stereocenters. The van der Waals surface area contributed by atoms with Crippen LogP contribution in [-0.2, 0) is 29.6 Å². The average molecular weight is 413 g/mol. The number of benzene rings is 2. The van der Waals surface area contributed by atoms with Gasteiger partial charge in [0.15, 0.2) is 0 Å². The van der Waals surface area contributed by atoms with Crippen molar-refractivity contribution in [3.63, 3.8) is 0 Å². The molecule has 27 heavy (non-hydrogen) atoms. The third-order valence-corrected chi connectivity index (χ3v) is 3.32. The third-order valence-electron chi connectivity index (χ3n) is 3.32. The molecule has 0 spiro atoms. The number of nitrogens with one attached hydrogen (secondary N) is 2. The molecular formula is C20H26N4NiO2-4. The first-order chi connectivity index (χ1) is 12.4. The zero-order valence-corrected chi connectivity index (χ0v) is 16.6. The van der Waals surface area contributed by atoms with Gasteiger partial charge in [0, 0.05) is 0 Å². The molecule has 0 radical (unpaired) electrons. The molecule has 0 saturated heterocycles. The van der Waals surface area contributed by atoms with Crippen molar-refractivity contribution in [2.24, 2.45) is 0 Å². The SMILES string of the molecule is CC([NH-])C[N-]Cc1ccccc1[O-].CC([NH-])C[N-]Cc1ccccc1[O-].[Ni+2]. The second-order valence-corrected chi connectivity index (χ2v) is 6.15. The van der Waals surface area contributed by atoms with Crippen molar-refractivity contribution in [3.05, 3.63) is 81.8 Å². The van der Waals surface area contributed by atoms with Crippen molar-refractivity contribution >= 4 is 0 Å². The standard InChI is InChI=1S/2C10H14N2O.Ni/c2*1-8(11)6-12-7-9-4-2-3-5-10(9)13;/h2*2-5,8,11,13H,6-7H2,1H3;/q2*-2;+2/p-2. The van der Waals surface area contributed by atoms with Gasteiger partial charge in [-0.25, -0.2) is 0 Å². The van der Waals surface area contributed by atoms with Gasteiger partial charge < -0.3 is 32.3 Å². The van der Waals surface area contributed by atoms with E-state index in [-0.39, 0.29) is 40.1 Å². The second-order valence-electron chi connectivity index (χ2n) is 6.15. The maximum absolute atomic E-state index is 11.2. The van der Waals surface area contributed by atoms with Crippen molar-refractivity contribution < 1.29 is 26.7 Å². The van der Waals surface area contributed by atoms with E-state index in [9.17, 15) is 10.2 Å². The summed E-state index contributed by atoms with van der Waals surface area (Å²) >= 11 is 0. The maximum atomic E-state index is 11.2. The van der Waals surface area contributed by atoms with Crippen LogP contribution < -0.4 is 10.2 Å². The van der Waals surface area contributed by atoms with Gasteiger partial charge in [0.25, 0.3) is 0 Å². The molecule has 0 aromatic heterocycles. The molecule has 2 unspecified atom stereocenters. The minimum absolute atomic E-state index is 0. The summed E-state index contributed by atoms with van der Waals surface area (Å²) < 4.78 is 0. The van der Waals surface area contributed by atoms with Crippen LogP contribution in [-0.4, -0.2) is 25.2 Å². The molecule has 2 N–H and O–H groups in total. The first kappa shape index (κ1) is 25.4. The normalized spacial score (nSPS) is 12.3. The monoisotopic (exact) mass is 412 g/mol. The van der Waals surface area contributed by atoms with E-state index in [0.29, 0.717) is 37.3 Å². The van der Waals surface area contributed by atoms with Crippen LogP contribution >= 0.6 is 0 Å². The molecule has 0 bridgehead atoms. The Morgan fingerprint density at radius 2 is 1.07 bits per heavy atom. The molecule has 7 heteroatoms. The Balaban J connectivity index is 0.000000483. The number of rotatable bonds is 8. The average Bonchev–Trinajstić information content (AvgIpc) is 2.58. The molecule has 6 nitrogen and oxygen atoms in total. The first-order valence-corrected chi connectivity index (χ1v) is 8.58. The van der Waals surface area contributed by atoms with Crippen molar-refractivity contribution in [2.75, 3.05) is 13.1 Å². The van der Waals surface area contributed by atoms with Crippen LogP contribution in [0.3, 0.4) is 0 Å². The van der Waals surface area contributed by atoms with Gasteiger partial charge >= 0.3 is 16.5 Å². The van der Waals surface area contributed by atoms with E-state index < -0.39 is 0 Å². The van der Waals surface area contributed by atoms with Crippen LogP contribution in [0.15, 0.2) is 48.5 Å². The molecular weight excluding hydrogens is 387 g/mol. The Hall–Kier alpha value is -1.63. The molecule has 2 rings (SSSR count). The summed E-state index contributed by atoms with van der Waals surface area (Å²) in [6, 6.07) is 13.4. The Labute approximate surface area is 172 Å². The van der Waals surface area contributed by atoms with Gasteiger partial charge in [-0.05, 0) is 0 Å². The van der Waals surface area contributed by atoms with Crippen LogP contribution in [0, 0.1) is 0 Å². The van der Waals surface area contributed by atoms with Crippen LogP contribution in [0.1, 0.15) is 25.0 Å². The Bertz CT molecular complexity index is 583. The summed E-state index contributed by atoms with van der Waals surface area (Å²) in [5.41, 5.74) is 15.9. The smallest absolute Gasteiger partial charge is 0.872 e. The van der Waals surface area contributed by atoms with Crippen LogP contribution in [0.2, 0.25) is 0 Å². The van der Waals surface area contributed by atoms with Gasteiger partial charge in [-0.1, -0.05) is 73.5 Å². The van der Waals surface area contributed by atoms with Crippen molar-refractivity contribution in [1.29, 1.82) is 0 Å². The summed E-state index contributed by atoms with van der Waals surface area (Å²) in [5.74, 6) is 0.0627. The minimum atomic E-state index is -0.182. The second kappa shape index (κ2) is 14.4. The molecule has 2 aromatic rings. The summed E-state index contributed by atoms with van der Waals surface area (Å²) in [7, 11) is 0. The molecule has 0 aliphatic heterocycles. The largest absolute Gasteiger partial charge is 2.00 e. The van der Waals surface area contributed by atoms with Gasteiger partial charge in [0.05, 0.1) is 0 Å². The van der Waals surface area contributed by atoms with E-state index in [1.165, 1.54) is 12.1 Å². The molecule has 152 valence electrons. The summed E-state index contributed by atoms with van der Waals surface area (Å²) in [6.45, 7) is 5.42. The van der Waals surface area contributed by atoms with Crippen molar-refractivity contribution in [2.45, 2.75) is 39.0 Å². The summed E-state index contributed by atoms with van der Waals surface area (Å²) in [4.78, 5) is 0. The minimum Gasteiger partial charge on any atom is -0.872 e. The Morgan fingerprint density at radius 3 is 1.37 bits per heavy atom. The molecule has 2 aromatic carbocycles. The van der Waals surface area contributed by atoms with E-state index in [4.69, 9.17) is 11.5 Å². The van der Waals surface area contributed by atoms with Gasteiger partial charge in [-0.3, -0.25) is 0 Å². The van der Waals surface area contributed by atoms with Gasteiger partial charge in [0.2, 0.25) is 0 Å². The third kappa shape index (κ3) is 11.6. The van der Waals surface area contributed by atoms with Gasteiger partial charge in [-0.2, -0.15) is 25.2 Å². The molecule has 0 amide bonds. The van der Waals surface area contributed by atoms with Gasteiger partial charge in [0.1, 0.15) is 0 Å². The fourth-order valence-corrected chi connectivity index (χ4v) is 2.03. The van der Waals surface area contributed by atoms with Crippen LogP contribution in [0.5, 0.6) is 11.5 Å². The fraction of sp³-hybridized carbons (Fsp3) is 0.400. The fourth-order valence-electron chi connectivity index (χ4n) is 2.03. The predicted molar refractivity (Wildman–Crippen MR) is 103 cm³/mol. The van der Waals surface area contributed by atoms with E-state index in [1.807, 2.05) is 12.1 Å².